The summed E-state index contributed by atoms with van der Waals surface area (Å²) < 4.78 is 5.42. The lowest BCUT2D eigenvalue weighted by molar-refractivity contribution is -0.136. The number of halogens is 1. The molecule has 1 N–H and O–H groups in total. The van der Waals surface area contributed by atoms with E-state index in [2.05, 4.69) is 0 Å². The van der Waals surface area contributed by atoms with Gasteiger partial charge in [-0.3, -0.25) is 4.79 Å². The SMILES string of the molecule is CC(SCCOc1cccc(Cl)c1)C(=O)O. The lowest BCUT2D eigenvalue weighted by Gasteiger charge is -2.08. The van der Waals surface area contributed by atoms with Crippen LogP contribution in [0.2, 0.25) is 5.02 Å². The first-order valence-corrected chi connectivity index (χ1v) is 6.25. The fourth-order valence-corrected chi connectivity index (χ4v) is 1.87. The normalized spacial score (nSPS) is 12.1. The number of hydrogen-bond acceptors (Lipinski definition) is 3. The van der Waals surface area contributed by atoms with Crippen molar-refractivity contribution >= 4 is 29.3 Å². The summed E-state index contributed by atoms with van der Waals surface area (Å²) in [5.41, 5.74) is 0. The molecule has 0 aliphatic carbocycles. The molecule has 0 saturated heterocycles. The van der Waals surface area contributed by atoms with Gasteiger partial charge in [-0.2, -0.15) is 0 Å². The molecule has 0 saturated carbocycles. The molecule has 16 heavy (non-hydrogen) atoms. The molecule has 1 atom stereocenters. The van der Waals surface area contributed by atoms with E-state index in [4.69, 9.17) is 21.4 Å². The first-order chi connectivity index (χ1) is 7.59. The number of hydrogen-bond donors (Lipinski definition) is 1. The Balaban J connectivity index is 2.23. The first-order valence-electron chi connectivity index (χ1n) is 4.82. The van der Waals surface area contributed by atoms with Crippen LogP contribution < -0.4 is 4.74 Å². The van der Waals surface area contributed by atoms with E-state index in [1.807, 2.05) is 12.1 Å². The maximum absolute atomic E-state index is 10.5. The van der Waals surface area contributed by atoms with Gasteiger partial charge in [-0.1, -0.05) is 17.7 Å². The molecule has 1 aromatic carbocycles. The van der Waals surface area contributed by atoms with Gasteiger partial charge in [0.1, 0.15) is 5.75 Å². The van der Waals surface area contributed by atoms with Crippen LogP contribution in [0.1, 0.15) is 6.92 Å². The van der Waals surface area contributed by atoms with Crippen molar-refractivity contribution in [2.75, 3.05) is 12.4 Å². The fourth-order valence-electron chi connectivity index (χ4n) is 1.01. The van der Waals surface area contributed by atoms with E-state index in [1.54, 1.807) is 19.1 Å². The molecular formula is C11H13ClO3S. The van der Waals surface area contributed by atoms with Gasteiger partial charge in [-0.15, -0.1) is 11.8 Å². The van der Waals surface area contributed by atoms with E-state index in [0.717, 1.165) is 0 Å². The Morgan fingerprint density at radius 3 is 3.00 bits per heavy atom. The molecule has 1 aromatic rings. The van der Waals surface area contributed by atoms with Gasteiger partial charge in [0, 0.05) is 10.8 Å². The van der Waals surface area contributed by atoms with Gasteiger partial charge in [0.2, 0.25) is 0 Å². The van der Waals surface area contributed by atoms with E-state index in [-0.39, 0.29) is 0 Å². The van der Waals surface area contributed by atoms with Crippen LogP contribution in [0.15, 0.2) is 24.3 Å². The van der Waals surface area contributed by atoms with Crippen LogP contribution in [0.3, 0.4) is 0 Å². The van der Waals surface area contributed by atoms with Crippen molar-refractivity contribution in [1.29, 1.82) is 0 Å². The second-order valence-corrected chi connectivity index (χ2v) is 5.04. The van der Waals surface area contributed by atoms with Crippen molar-refractivity contribution < 1.29 is 14.6 Å². The van der Waals surface area contributed by atoms with E-state index in [9.17, 15) is 4.79 Å². The van der Waals surface area contributed by atoms with Gasteiger partial charge in [0.05, 0.1) is 11.9 Å². The quantitative estimate of drug-likeness (QED) is 0.799. The molecule has 0 radical (unpaired) electrons. The van der Waals surface area contributed by atoms with Crippen LogP contribution in [-0.4, -0.2) is 28.7 Å². The van der Waals surface area contributed by atoms with Crippen LogP contribution in [0.25, 0.3) is 0 Å². The van der Waals surface area contributed by atoms with Crippen molar-refractivity contribution in [3.8, 4) is 5.75 Å². The van der Waals surface area contributed by atoms with Crippen LogP contribution in [0, 0.1) is 0 Å². The third-order valence-electron chi connectivity index (χ3n) is 1.86. The summed E-state index contributed by atoms with van der Waals surface area (Å²) in [5, 5.41) is 8.88. The molecular weight excluding hydrogens is 248 g/mol. The summed E-state index contributed by atoms with van der Waals surface area (Å²) in [5.74, 6) is 0.545. The number of aliphatic carboxylic acids is 1. The van der Waals surface area contributed by atoms with Gasteiger partial charge in [0.15, 0.2) is 0 Å². The van der Waals surface area contributed by atoms with Crippen molar-refractivity contribution in [3.63, 3.8) is 0 Å². The number of carboxylic acid groups (broad SMARTS) is 1. The highest BCUT2D eigenvalue weighted by molar-refractivity contribution is 8.00. The summed E-state index contributed by atoms with van der Waals surface area (Å²) in [6, 6.07) is 7.13. The maximum Gasteiger partial charge on any atom is 0.316 e. The predicted octanol–water partition coefficient (Wildman–Crippen LogP) is 2.93. The number of ether oxygens (including phenoxy) is 1. The number of carboxylic acids is 1. The first kappa shape index (κ1) is 13.2. The van der Waals surface area contributed by atoms with Crippen molar-refractivity contribution in [3.05, 3.63) is 29.3 Å². The minimum Gasteiger partial charge on any atom is -0.493 e. The van der Waals surface area contributed by atoms with E-state index in [0.29, 0.717) is 23.1 Å². The summed E-state index contributed by atoms with van der Waals surface area (Å²) in [7, 11) is 0. The number of rotatable bonds is 6. The molecule has 0 aromatic heterocycles. The second kappa shape index (κ2) is 6.66. The molecule has 88 valence electrons. The van der Waals surface area contributed by atoms with E-state index in [1.165, 1.54) is 11.8 Å². The smallest absolute Gasteiger partial charge is 0.316 e. The second-order valence-electron chi connectivity index (χ2n) is 3.16. The Hall–Kier alpha value is -0.870. The van der Waals surface area contributed by atoms with Gasteiger partial charge in [-0.25, -0.2) is 0 Å². The zero-order valence-electron chi connectivity index (χ0n) is 8.85. The highest BCUT2D eigenvalue weighted by Gasteiger charge is 2.10. The largest absolute Gasteiger partial charge is 0.493 e. The van der Waals surface area contributed by atoms with E-state index < -0.39 is 11.2 Å². The molecule has 1 unspecified atom stereocenters. The molecule has 0 aliphatic heterocycles. The number of benzene rings is 1. The molecule has 0 spiro atoms. The maximum atomic E-state index is 10.5. The molecule has 0 amide bonds. The lowest BCUT2D eigenvalue weighted by atomic mass is 10.3. The third kappa shape index (κ3) is 4.77. The van der Waals surface area contributed by atoms with Gasteiger partial charge < -0.3 is 9.84 Å². The predicted molar refractivity (Wildman–Crippen MR) is 66.5 cm³/mol. The highest BCUT2D eigenvalue weighted by Crippen LogP contribution is 2.17. The van der Waals surface area contributed by atoms with Gasteiger partial charge in [0.25, 0.3) is 0 Å². The minimum absolute atomic E-state index is 0.400. The lowest BCUT2D eigenvalue weighted by Crippen LogP contribution is -2.13. The summed E-state index contributed by atoms with van der Waals surface area (Å²) in [6.07, 6.45) is 0. The van der Waals surface area contributed by atoms with Crippen molar-refractivity contribution in [1.82, 2.24) is 0 Å². The van der Waals surface area contributed by atoms with E-state index >= 15 is 0 Å². The summed E-state index contributed by atoms with van der Waals surface area (Å²) >= 11 is 7.14. The zero-order chi connectivity index (χ0) is 12.0. The summed E-state index contributed by atoms with van der Waals surface area (Å²) in [6.45, 7) is 2.13. The zero-order valence-corrected chi connectivity index (χ0v) is 10.4. The average molecular weight is 261 g/mol. The molecule has 0 fully saturated rings. The van der Waals surface area contributed by atoms with Crippen LogP contribution in [0.5, 0.6) is 5.75 Å². The van der Waals surface area contributed by atoms with Crippen molar-refractivity contribution in [2.45, 2.75) is 12.2 Å². The fraction of sp³-hybridized carbons (Fsp3) is 0.364. The molecule has 3 nitrogen and oxygen atoms in total. The Morgan fingerprint density at radius 1 is 1.62 bits per heavy atom. The third-order valence-corrected chi connectivity index (χ3v) is 3.20. The van der Waals surface area contributed by atoms with Gasteiger partial charge in [-0.05, 0) is 25.1 Å². The monoisotopic (exact) mass is 260 g/mol. The van der Waals surface area contributed by atoms with Crippen LogP contribution in [-0.2, 0) is 4.79 Å². The Kier molecular flexibility index (Phi) is 5.49. The number of carbonyl (C=O) groups is 1. The minimum atomic E-state index is -0.798. The molecule has 0 aliphatic rings. The highest BCUT2D eigenvalue weighted by atomic mass is 35.5. The van der Waals surface area contributed by atoms with Crippen LogP contribution >= 0.6 is 23.4 Å². The topological polar surface area (TPSA) is 46.5 Å². The molecule has 0 heterocycles. The van der Waals surface area contributed by atoms with Gasteiger partial charge >= 0.3 is 5.97 Å². The average Bonchev–Trinajstić information content (AvgIpc) is 2.24. The Bertz CT molecular complexity index is 357. The van der Waals surface area contributed by atoms with Crippen LogP contribution in [0.4, 0.5) is 0 Å². The molecule has 1 rings (SSSR count). The molecule has 0 bridgehead atoms. The standard InChI is InChI=1S/C11H13ClO3S/c1-8(11(13)14)16-6-5-15-10-4-2-3-9(12)7-10/h2-4,7-8H,5-6H2,1H3,(H,13,14). The number of thioether (sulfide) groups is 1. The Labute approximate surface area is 104 Å². The van der Waals surface area contributed by atoms with Crippen molar-refractivity contribution in [2.24, 2.45) is 0 Å². The summed E-state index contributed by atoms with van der Waals surface area (Å²) in [4.78, 5) is 10.5. The Morgan fingerprint density at radius 2 is 2.38 bits per heavy atom. The molecule has 5 heteroatoms.